The van der Waals surface area contributed by atoms with E-state index in [0.29, 0.717) is 21.3 Å². The van der Waals surface area contributed by atoms with Crippen LogP contribution in [-0.2, 0) is 11.0 Å². The largest absolute Gasteiger partial charge is 0.494 e. The van der Waals surface area contributed by atoms with E-state index in [0.717, 1.165) is 4.70 Å². The number of nitro benzene ring substituents is 1. The van der Waals surface area contributed by atoms with Gasteiger partial charge in [0.1, 0.15) is 11.3 Å². The molecule has 0 aliphatic heterocycles. The number of ether oxygens (including phenoxy) is 1. The third-order valence-corrected chi connectivity index (χ3v) is 5.19. The highest BCUT2D eigenvalue weighted by atomic mass is 32.2. The summed E-state index contributed by atoms with van der Waals surface area (Å²) in [4.78, 5) is 14.9. The van der Waals surface area contributed by atoms with Crippen LogP contribution < -0.4 is 9.46 Å². The van der Waals surface area contributed by atoms with Crippen LogP contribution in [0.25, 0.3) is 10.2 Å². The molecule has 3 rings (SSSR count). The van der Waals surface area contributed by atoms with Gasteiger partial charge in [-0.05, 0) is 24.3 Å². The Hall–Kier alpha value is -2.52. The van der Waals surface area contributed by atoms with E-state index in [1.54, 1.807) is 13.2 Å². The van der Waals surface area contributed by atoms with Crippen molar-refractivity contribution in [3.8, 4) is 5.75 Å². The van der Waals surface area contributed by atoms with Gasteiger partial charge in [0.25, 0.3) is 5.69 Å². The van der Waals surface area contributed by atoms with Crippen molar-refractivity contribution < 1.29 is 13.9 Å². The van der Waals surface area contributed by atoms with E-state index in [2.05, 4.69) is 9.71 Å². The molecule has 0 fully saturated rings. The lowest BCUT2D eigenvalue weighted by Gasteiger charge is -2.02. The fourth-order valence-electron chi connectivity index (χ4n) is 1.96. The Morgan fingerprint density at radius 3 is 2.65 bits per heavy atom. The van der Waals surface area contributed by atoms with Crippen molar-refractivity contribution in [2.24, 2.45) is 0 Å². The van der Waals surface area contributed by atoms with Crippen LogP contribution in [0.5, 0.6) is 5.75 Å². The number of methoxy groups -OCH3 is 1. The molecule has 0 saturated carbocycles. The molecule has 23 heavy (non-hydrogen) atoms. The molecule has 1 heterocycles. The third-order valence-electron chi connectivity index (χ3n) is 3.04. The third kappa shape index (κ3) is 3.15. The van der Waals surface area contributed by atoms with Crippen molar-refractivity contribution in [2.45, 2.75) is 4.90 Å². The van der Waals surface area contributed by atoms with Crippen LogP contribution in [0.15, 0.2) is 47.4 Å². The average Bonchev–Trinajstić information content (AvgIpc) is 2.97. The number of para-hydroxylation sites is 1. The zero-order valence-electron chi connectivity index (χ0n) is 11.9. The molecule has 0 radical (unpaired) electrons. The van der Waals surface area contributed by atoms with E-state index in [9.17, 15) is 14.3 Å². The van der Waals surface area contributed by atoms with E-state index in [-0.39, 0.29) is 5.69 Å². The van der Waals surface area contributed by atoms with Crippen LogP contribution in [0.1, 0.15) is 0 Å². The normalized spacial score (nSPS) is 12.0. The first-order valence-corrected chi connectivity index (χ1v) is 8.41. The van der Waals surface area contributed by atoms with Crippen LogP contribution in [0.2, 0.25) is 0 Å². The van der Waals surface area contributed by atoms with Crippen molar-refractivity contribution in [1.29, 1.82) is 0 Å². The topological polar surface area (TPSA) is 94.4 Å². The molecule has 9 heteroatoms. The number of fused-ring (bicyclic) bond motifs is 1. The minimum Gasteiger partial charge on any atom is -0.494 e. The van der Waals surface area contributed by atoms with E-state index in [4.69, 9.17) is 4.74 Å². The minimum absolute atomic E-state index is 0.0459. The Bertz CT molecular complexity index is 893. The summed E-state index contributed by atoms with van der Waals surface area (Å²) in [6, 6.07) is 11.1. The first-order valence-electron chi connectivity index (χ1n) is 6.45. The maximum absolute atomic E-state index is 12.3. The lowest BCUT2D eigenvalue weighted by Crippen LogP contribution is -2.04. The lowest BCUT2D eigenvalue weighted by molar-refractivity contribution is -0.384. The Morgan fingerprint density at radius 1 is 1.26 bits per heavy atom. The summed E-state index contributed by atoms with van der Waals surface area (Å²) >= 11 is 1.35. The molecule has 118 valence electrons. The highest BCUT2D eigenvalue weighted by molar-refractivity contribution is 7.86. The maximum Gasteiger partial charge on any atom is 0.269 e. The molecule has 1 unspecified atom stereocenters. The summed E-state index contributed by atoms with van der Waals surface area (Å²) in [5, 5.41) is 11.1. The Balaban J connectivity index is 1.83. The summed E-state index contributed by atoms with van der Waals surface area (Å²) < 4.78 is 21.2. The zero-order chi connectivity index (χ0) is 16.4. The Kier molecular flexibility index (Phi) is 4.22. The number of hydrogen-bond donors (Lipinski definition) is 1. The molecular formula is C14H11N3O4S2. The number of nitrogens with one attached hydrogen (secondary N) is 1. The Morgan fingerprint density at radius 2 is 2.00 bits per heavy atom. The maximum atomic E-state index is 12.3. The van der Waals surface area contributed by atoms with Crippen LogP contribution in [-0.4, -0.2) is 21.2 Å². The molecule has 0 bridgehead atoms. The number of nitro groups is 1. The molecule has 7 nitrogen and oxygen atoms in total. The summed E-state index contributed by atoms with van der Waals surface area (Å²) in [7, 11) is 0.00909. The Labute approximate surface area is 137 Å². The van der Waals surface area contributed by atoms with Crippen LogP contribution >= 0.6 is 11.3 Å². The van der Waals surface area contributed by atoms with Crippen LogP contribution in [0.3, 0.4) is 0 Å². The van der Waals surface area contributed by atoms with Gasteiger partial charge in [-0.25, -0.2) is 9.19 Å². The second-order valence-electron chi connectivity index (χ2n) is 4.45. The highest BCUT2D eigenvalue weighted by Gasteiger charge is 2.12. The highest BCUT2D eigenvalue weighted by Crippen LogP contribution is 2.32. The van der Waals surface area contributed by atoms with Gasteiger partial charge < -0.3 is 4.74 Å². The number of nitrogens with zero attached hydrogens (tertiary/aromatic N) is 2. The molecule has 1 aromatic heterocycles. The van der Waals surface area contributed by atoms with Crippen molar-refractivity contribution >= 4 is 43.4 Å². The quantitative estimate of drug-likeness (QED) is 0.563. The molecule has 0 spiro atoms. The molecule has 3 aromatic rings. The van der Waals surface area contributed by atoms with Gasteiger partial charge in [-0.15, -0.1) is 0 Å². The molecule has 0 aliphatic rings. The van der Waals surface area contributed by atoms with Gasteiger partial charge in [-0.3, -0.25) is 14.8 Å². The fourth-order valence-corrected chi connectivity index (χ4v) is 3.80. The summed E-state index contributed by atoms with van der Waals surface area (Å²) in [5.41, 5.74) is 0.652. The summed E-state index contributed by atoms with van der Waals surface area (Å²) in [6.45, 7) is 0. The van der Waals surface area contributed by atoms with Crippen molar-refractivity contribution in [3.05, 3.63) is 52.6 Å². The lowest BCUT2D eigenvalue weighted by atomic mass is 10.3. The average molecular weight is 349 g/mol. The number of thiazole rings is 1. The standard InChI is InChI=1S/C14H11N3O4S2/c1-21-11-3-2-4-12-13(11)15-14(22-12)16-23(20)10-7-5-9(6-8-10)17(18)19/h2-8H,1H3,(H,15,16). The number of rotatable bonds is 5. The smallest absolute Gasteiger partial charge is 0.269 e. The van der Waals surface area contributed by atoms with Crippen molar-refractivity contribution in [2.75, 3.05) is 11.8 Å². The van der Waals surface area contributed by atoms with E-state index < -0.39 is 15.9 Å². The number of hydrogen-bond acceptors (Lipinski definition) is 6. The van der Waals surface area contributed by atoms with Gasteiger partial charge >= 0.3 is 0 Å². The number of aromatic nitrogens is 1. The zero-order valence-corrected chi connectivity index (χ0v) is 13.5. The van der Waals surface area contributed by atoms with Crippen molar-refractivity contribution in [3.63, 3.8) is 0 Å². The first kappa shape index (κ1) is 15.4. The van der Waals surface area contributed by atoms with Gasteiger partial charge in [0.05, 0.1) is 21.6 Å². The number of benzene rings is 2. The van der Waals surface area contributed by atoms with Gasteiger partial charge in [0, 0.05) is 12.1 Å². The summed E-state index contributed by atoms with van der Waals surface area (Å²) in [6.07, 6.45) is 0. The number of anilines is 1. The summed E-state index contributed by atoms with van der Waals surface area (Å²) in [5.74, 6) is 0.646. The van der Waals surface area contributed by atoms with Gasteiger partial charge in [-0.1, -0.05) is 17.4 Å². The van der Waals surface area contributed by atoms with Gasteiger partial charge in [-0.2, -0.15) is 0 Å². The molecule has 0 aliphatic carbocycles. The number of non-ortho nitro benzene ring substituents is 1. The van der Waals surface area contributed by atoms with E-state index >= 15 is 0 Å². The molecule has 2 aromatic carbocycles. The first-order chi connectivity index (χ1) is 11.1. The predicted molar refractivity (Wildman–Crippen MR) is 89.3 cm³/mol. The molecule has 0 saturated heterocycles. The van der Waals surface area contributed by atoms with E-state index in [1.165, 1.54) is 35.6 Å². The van der Waals surface area contributed by atoms with Gasteiger partial charge in [0.2, 0.25) is 0 Å². The van der Waals surface area contributed by atoms with Gasteiger partial charge in [0.15, 0.2) is 16.1 Å². The predicted octanol–water partition coefficient (Wildman–Crippen LogP) is 3.35. The minimum atomic E-state index is -1.56. The molecular weight excluding hydrogens is 338 g/mol. The molecule has 1 N–H and O–H groups in total. The molecule has 1 atom stereocenters. The second kappa shape index (κ2) is 6.31. The molecule has 0 amide bonds. The van der Waals surface area contributed by atoms with Crippen molar-refractivity contribution in [1.82, 2.24) is 4.98 Å². The fraction of sp³-hybridized carbons (Fsp3) is 0.0714. The SMILES string of the molecule is COc1cccc2sc(NS(=O)c3ccc([N+](=O)[O-])cc3)nc12. The monoisotopic (exact) mass is 349 g/mol. The van der Waals surface area contributed by atoms with E-state index in [1.807, 2.05) is 12.1 Å². The van der Waals surface area contributed by atoms with Crippen LogP contribution in [0.4, 0.5) is 10.8 Å². The van der Waals surface area contributed by atoms with Crippen LogP contribution in [0, 0.1) is 10.1 Å². The second-order valence-corrected chi connectivity index (χ2v) is 6.69.